The molecule has 0 aliphatic rings. The number of nitrogens with zero attached hydrogens (tertiary/aromatic N) is 3. The van der Waals surface area contributed by atoms with E-state index in [4.69, 9.17) is 10.5 Å². The number of thiophene rings is 1. The van der Waals surface area contributed by atoms with Gasteiger partial charge in [0.25, 0.3) is 5.56 Å². The fourth-order valence-electron chi connectivity index (χ4n) is 1.80. The van der Waals surface area contributed by atoms with E-state index in [0.717, 1.165) is 10.6 Å². The maximum absolute atomic E-state index is 12.2. The van der Waals surface area contributed by atoms with Crippen LogP contribution < -0.4 is 5.56 Å². The summed E-state index contributed by atoms with van der Waals surface area (Å²) in [5.74, 6) is -0.287. The van der Waals surface area contributed by atoms with E-state index >= 15 is 0 Å². The lowest BCUT2D eigenvalue weighted by Gasteiger charge is -2.13. The Hall–Kier alpha value is -2.37. The molecule has 0 aliphatic carbocycles. The highest BCUT2D eigenvalue weighted by molar-refractivity contribution is 7.13. The summed E-state index contributed by atoms with van der Waals surface area (Å²) in [7, 11) is 0. The first-order valence-corrected chi connectivity index (χ1v) is 6.62. The van der Waals surface area contributed by atoms with Gasteiger partial charge in [-0.05, 0) is 30.5 Å². The van der Waals surface area contributed by atoms with Gasteiger partial charge in [0.2, 0.25) is 0 Å². The molecule has 1 unspecified atom stereocenters. The highest BCUT2D eigenvalue weighted by atomic mass is 32.1. The van der Waals surface area contributed by atoms with Gasteiger partial charge in [-0.1, -0.05) is 6.07 Å². The highest BCUT2D eigenvalue weighted by Gasteiger charge is 2.13. The van der Waals surface area contributed by atoms with E-state index in [1.165, 1.54) is 22.0 Å². The molecule has 0 saturated carbocycles. The fraction of sp³-hybridized carbons (Fsp3) is 0.214. The van der Waals surface area contributed by atoms with Crippen LogP contribution in [0.2, 0.25) is 0 Å². The minimum absolute atomic E-state index is 0.102. The van der Waals surface area contributed by atoms with Crippen LogP contribution in [0.25, 0.3) is 10.6 Å². The lowest BCUT2D eigenvalue weighted by molar-refractivity contribution is 0.569. The third-order valence-corrected chi connectivity index (χ3v) is 3.64. The Morgan fingerprint density at radius 2 is 2.16 bits per heavy atom. The second-order valence-corrected chi connectivity index (χ2v) is 5.11. The zero-order chi connectivity index (χ0) is 13.8. The number of hydrogen-bond acceptors (Lipinski definition) is 4. The molecule has 4 nitrogen and oxygen atoms in total. The lowest BCUT2D eigenvalue weighted by atomic mass is 10.1. The number of nitriles is 2. The number of rotatable bonds is 3. The number of hydrogen-bond donors (Lipinski definition) is 0. The smallest absolute Gasteiger partial charge is 0.269 e. The van der Waals surface area contributed by atoms with Crippen LogP contribution in [0.15, 0.2) is 34.4 Å². The molecular formula is C14H11N3OS. The second kappa shape index (κ2) is 5.51. The van der Waals surface area contributed by atoms with Gasteiger partial charge in [0, 0.05) is 6.54 Å². The second-order valence-electron chi connectivity index (χ2n) is 4.17. The van der Waals surface area contributed by atoms with Crippen molar-refractivity contribution in [1.29, 1.82) is 10.5 Å². The molecule has 5 heteroatoms. The predicted molar refractivity (Wildman–Crippen MR) is 73.5 cm³/mol. The molecule has 0 fully saturated rings. The molecule has 2 aromatic rings. The average molecular weight is 269 g/mol. The Morgan fingerprint density at radius 3 is 2.74 bits per heavy atom. The maximum atomic E-state index is 12.2. The van der Waals surface area contributed by atoms with E-state index in [2.05, 4.69) is 6.07 Å². The van der Waals surface area contributed by atoms with Crippen molar-refractivity contribution in [3.63, 3.8) is 0 Å². The normalized spacial score (nSPS) is 11.5. The average Bonchev–Trinajstić information content (AvgIpc) is 2.94. The van der Waals surface area contributed by atoms with Gasteiger partial charge < -0.3 is 4.57 Å². The summed E-state index contributed by atoms with van der Waals surface area (Å²) >= 11 is 1.52. The minimum atomic E-state index is -0.337. The van der Waals surface area contributed by atoms with E-state index in [1.54, 1.807) is 13.0 Å². The molecule has 0 radical (unpaired) electrons. The van der Waals surface area contributed by atoms with E-state index in [-0.39, 0.29) is 23.6 Å². The summed E-state index contributed by atoms with van der Waals surface area (Å²) < 4.78 is 1.51. The van der Waals surface area contributed by atoms with Crippen molar-refractivity contribution in [3.05, 3.63) is 45.6 Å². The Morgan fingerprint density at radius 1 is 1.37 bits per heavy atom. The molecule has 2 heterocycles. The maximum Gasteiger partial charge on any atom is 0.269 e. The lowest BCUT2D eigenvalue weighted by Crippen LogP contribution is -2.26. The zero-order valence-corrected chi connectivity index (χ0v) is 11.1. The van der Waals surface area contributed by atoms with Gasteiger partial charge in [-0.15, -0.1) is 11.3 Å². The van der Waals surface area contributed by atoms with Gasteiger partial charge >= 0.3 is 0 Å². The fourth-order valence-corrected chi connectivity index (χ4v) is 2.56. The van der Waals surface area contributed by atoms with Crippen molar-refractivity contribution in [3.8, 4) is 22.7 Å². The molecule has 0 bridgehead atoms. The molecule has 0 aliphatic heterocycles. The Balaban J connectivity index is 2.62. The van der Waals surface area contributed by atoms with Gasteiger partial charge in [-0.25, -0.2) is 0 Å². The predicted octanol–water partition coefficient (Wildman–Crippen LogP) is 2.61. The molecule has 94 valence electrons. The molecule has 19 heavy (non-hydrogen) atoms. The van der Waals surface area contributed by atoms with E-state index in [9.17, 15) is 4.79 Å². The molecule has 2 rings (SSSR count). The van der Waals surface area contributed by atoms with Crippen LogP contribution in [0.4, 0.5) is 0 Å². The largest absolute Gasteiger partial charge is 0.305 e. The van der Waals surface area contributed by atoms with Crippen LogP contribution in [0.1, 0.15) is 12.5 Å². The Labute approximate surface area is 114 Å². The molecule has 0 spiro atoms. The van der Waals surface area contributed by atoms with Crippen molar-refractivity contribution in [2.45, 2.75) is 13.5 Å². The Kier molecular flexibility index (Phi) is 3.79. The van der Waals surface area contributed by atoms with Crippen molar-refractivity contribution in [2.75, 3.05) is 0 Å². The quantitative estimate of drug-likeness (QED) is 0.860. The summed E-state index contributed by atoms with van der Waals surface area (Å²) in [5.41, 5.74) is 0.516. The minimum Gasteiger partial charge on any atom is -0.305 e. The first-order chi connectivity index (χ1) is 9.17. The first kappa shape index (κ1) is 13.1. The van der Waals surface area contributed by atoms with E-state index in [1.807, 2.05) is 23.6 Å². The first-order valence-electron chi connectivity index (χ1n) is 5.74. The van der Waals surface area contributed by atoms with Crippen LogP contribution in [0, 0.1) is 28.6 Å². The SMILES string of the molecule is CC(C#N)Cn1c(-c2cccs2)ccc(C#N)c1=O. The third kappa shape index (κ3) is 2.57. The topological polar surface area (TPSA) is 69.6 Å². The molecule has 0 amide bonds. The van der Waals surface area contributed by atoms with Gasteiger partial charge in [-0.3, -0.25) is 4.79 Å². The summed E-state index contributed by atoms with van der Waals surface area (Å²) in [6.07, 6.45) is 0. The molecule has 0 saturated heterocycles. The summed E-state index contributed by atoms with van der Waals surface area (Å²) in [5, 5.41) is 19.8. The van der Waals surface area contributed by atoms with E-state index < -0.39 is 0 Å². The molecule has 0 N–H and O–H groups in total. The van der Waals surface area contributed by atoms with Crippen LogP contribution in [0.3, 0.4) is 0 Å². The number of aromatic nitrogens is 1. The van der Waals surface area contributed by atoms with Crippen LogP contribution >= 0.6 is 11.3 Å². The summed E-state index contributed by atoms with van der Waals surface area (Å²) in [6.45, 7) is 2.04. The van der Waals surface area contributed by atoms with Crippen LogP contribution in [-0.2, 0) is 6.54 Å². The summed E-state index contributed by atoms with van der Waals surface area (Å²) in [4.78, 5) is 13.2. The van der Waals surface area contributed by atoms with Gasteiger partial charge in [0.1, 0.15) is 11.6 Å². The monoisotopic (exact) mass is 269 g/mol. The van der Waals surface area contributed by atoms with Crippen LogP contribution in [0.5, 0.6) is 0 Å². The van der Waals surface area contributed by atoms with Crippen molar-refractivity contribution in [2.24, 2.45) is 5.92 Å². The van der Waals surface area contributed by atoms with Gasteiger partial charge in [-0.2, -0.15) is 10.5 Å². The summed E-state index contributed by atoms with van der Waals surface area (Å²) in [6, 6.07) is 11.1. The zero-order valence-electron chi connectivity index (χ0n) is 10.3. The third-order valence-electron chi connectivity index (χ3n) is 2.75. The number of pyridine rings is 1. The molecule has 2 aromatic heterocycles. The van der Waals surface area contributed by atoms with Crippen LogP contribution in [-0.4, -0.2) is 4.57 Å². The van der Waals surface area contributed by atoms with E-state index in [0.29, 0.717) is 0 Å². The van der Waals surface area contributed by atoms with Crippen molar-refractivity contribution >= 4 is 11.3 Å². The highest BCUT2D eigenvalue weighted by Crippen LogP contribution is 2.24. The van der Waals surface area contributed by atoms with Gasteiger partial charge in [0.05, 0.1) is 22.6 Å². The van der Waals surface area contributed by atoms with Crippen molar-refractivity contribution in [1.82, 2.24) is 4.57 Å². The van der Waals surface area contributed by atoms with Crippen molar-refractivity contribution < 1.29 is 0 Å². The molecule has 0 aromatic carbocycles. The molecule has 1 atom stereocenters. The molecular weight excluding hydrogens is 258 g/mol. The Bertz CT molecular complexity index is 717. The standard InChI is InChI=1S/C14H11N3OS/c1-10(7-15)9-17-12(13-3-2-6-19-13)5-4-11(8-16)14(17)18/h2-6,10H,9H2,1H3. The van der Waals surface area contributed by atoms with Gasteiger partial charge in [0.15, 0.2) is 0 Å².